The maximum absolute atomic E-state index is 12.9. The highest BCUT2D eigenvalue weighted by Crippen LogP contribution is 2.20. The van der Waals surface area contributed by atoms with Crippen LogP contribution in [0.15, 0.2) is 86.8 Å². The highest BCUT2D eigenvalue weighted by Gasteiger charge is 2.13. The molecule has 0 spiro atoms. The first-order valence-corrected chi connectivity index (χ1v) is 10.0. The number of halogens is 2. The lowest BCUT2D eigenvalue weighted by molar-refractivity contribution is 0.102. The zero-order valence-electron chi connectivity index (χ0n) is 15.4. The van der Waals surface area contributed by atoms with Crippen molar-refractivity contribution in [2.75, 3.05) is 10.7 Å². The van der Waals surface area contributed by atoms with Gasteiger partial charge in [0.05, 0.1) is 5.69 Å². The van der Waals surface area contributed by atoms with Crippen LogP contribution in [0.4, 0.5) is 11.4 Å². The molecule has 1 amide bonds. The van der Waals surface area contributed by atoms with E-state index in [0.717, 1.165) is 4.47 Å². The molecule has 6 nitrogen and oxygen atoms in total. The number of fused-ring (bicyclic) bond motifs is 1. The van der Waals surface area contributed by atoms with E-state index in [0.29, 0.717) is 27.4 Å². The summed E-state index contributed by atoms with van der Waals surface area (Å²) >= 11 is 9.27. The van der Waals surface area contributed by atoms with E-state index in [4.69, 9.17) is 16.0 Å². The number of benzene rings is 3. The highest BCUT2D eigenvalue weighted by atomic mass is 79.9. The molecule has 0 radical (unpaired) electrons. The van der Waals surface area contributed by atoms with Crippen LogP contribution in [0, 0.1) is 0 Å². The molecule has 4 rings (SSSR count). The fourth-order valence-electron chi connectivity index (χ4n) is 2.72. The molecule has 0 atom stereocenters. The highest BCUT2D eigenvalue weighted by molar-refractivity contribution is 9.10. The molecule has 150 valence electrons. The van der Waals surface area contributed by atoms with Crippen LogP contribution in [0.2, 0.25) is 5.02 Å². The molecule has 0 saturated carbocycles. The van der Waals surface area contributed by atoms with Crippen molar-refractivity contribution >= 4 is 55.8 Å². The maximum atomic E-state index is 12.9. The number of phenols is 1. The van der Waals surface area contributed by atoms with Gasteiger partial charge in [0.15, 0.2) is 0 Å². The van der Waals surface area contributed by atoms with Crippen LogP contribution in [-0.4, -0.2) is 11.0 Å². The minimum atomic E-state index is -0.382. The molecule has 0 aliphatic rings. The molecular weight excluding hydrogens is 470 g/mol. The van der Waals surface area contributed by atoms with Gasteiger partial charge in [-0.1, -0.05) is 27.5 Å². The van der Waals surface area contributed by atoms with Crippen LogP contribution in [0.1, 0.15) is 10.4 Å². The van der Waals surface area contributed by atoms with Gasteiger partial charge in [-0.3, -0.25) is 10.2 Å². The average molecular weight is 485 g/mol. The molecule has 0 bridgehead atoms. The van der Waals surface area contributed by atoms with Gasteiger partial charge in [-0.25, -0.2) is 0 Å². The predicted molar refractivity (Wildman–Crippen MR) is 121 cm³/mol. The fraction of sp³-hybridized carbons (Fsp3) is 0. The number of carbonyl (C=O) groups excluding carboxylic acids is 1. The lowest BCUT2D eigenvalue weighted by Gasteiger charge is -2.08. The largest absolute Gasteiger partial charge is 0.508 e. The van der Waals surface area contributed by atoms with E-state index < -0.39 is 0 Å². The first kappa shape index (κ1) is 20.0. The summed E-state index contributed by atoms with van der Waals surface area (Å²) in [5.74, 6) is -0.331. The Morgan fingerprint density at radius 3 is 2.40 bits per heavy atom. The SMILES string of the molecule is O=C(Nc1ccc(Br)cc1)c1cc2ccc(O)cc2oc1=NNc1ccc(Cl)cc1. The fourth-order valence-corrected chi connectivity index (χ4v) is 3.11. The maximum Gasteiger partial charge on any atom is 0.261 e. The van der Waals surface area contributed by atoms with Crippen molar-refractivity contribution in [3.63, 3.8) is 0 Å². The summed E-state index contributed by atoms with van der Waals surface area (Å²) in [5, 5.41) is 18.1. The van der Waals surface area contributed by atoms with Crippen LogP contribution >= 0.6 is 27.5 Å². The summed E-state index contributed by atoms with van der Waals surface area (Å²) in [4.78, 5) is 12.9. The number of hydrogen-bond acceptors (Lipinski definition) is 5. The standard InChI is InChI=1S/C22H15BrClN3O3/c23-14-2-6-16(7-3-14)25-21(29)19-11-13-1-10-18(28)12-20(13)30-22(19)27-26-17-8-4-15(24)5-9-17/h1-12,26,28H,(H,25,29). The van der Waals surface area contributed by atoms with Gasteiger partial charge in [0, 0.05) is 26.6 Å². The number of aromatic hydroxyl groups is 1. The zero-order chi connectivity index (χ0) is 21.1. The number of rotatable bonds is 4. The average Bonchev–Trinajstić information content (AvgIpc) is 2.74. The Morgan fingerprint density at radius 1 is 0.967 bits per heavy atom. The van der Waals surface area contributed by atoms with Gasteiger partial charge in [-0.15, -0.1) is 5.10 Å². The normalized spacial score (nSPS) is 11.5. The summed E-state index contributed by atoms with van der Waals surface area (Å²) in [6, 6.07) is 20.5. The second-order valence-electron chi connectivity index (χ2n) is 6.38. The molecule has 0 aliphatic heterocycles. The van der Waals surface area contributed by atoms with Gasteiger partial charge in [0.25, 0.3) is 5.91 Å². The molecule has 4 aromatic rings. The van der Waals surface area contributed by atoms with Crippen LogP contribution in [0.25, 0.3) is 11.0 Å². The Bertz CT molecular complexity index is 1290. The summed E-state index contributed by atoms with van der Waals surface area (Å²) < 4.78 is 6.72. The first-order valence-electron chi connectivity index (χ1n) is 8.87. The van der Waals surface area contributed by atoms with E-state index in [-0.39, 0.29) is 22.8 Å². The second-order valence-corrected chi connectivity index (χ2v) is 7.73. The Morgan fingerprint density at radius 2 is 1.67 bits per heavy atom. The van der Waals surface area contributed by atoms with Crippen molar-refractivity contribution in [2.24, 2.45) is 5.10 Å². The molecule has 0 saturated heterocycles. The summed E-state index contributed by atoms with van der Waals surface area (Å²) in [5.41, 5.74) is 4.86. The monoisotopic (exact) mass is 483 g/mol. The van der Waals surface area contributed by atoms with Crippen LogP contribution < -0.4 is 16.3 Å². The van der Waals surface area contributed by atoms with Crippen molar-refractivity contribution < 1.29 is 14.3 Å². The number of phenolic OH excluding ortho intramolecular Hbond substituents is 1. The van der Waals surface area contributed by atoms with Crippen molar-refractivity contribution in [3.8, 4) is 5.75 Å². The second kappa shape index (κ2) is 8.61. The topological polar surface area (TPSA) is 86.9 Å². The molecule has 0 fully saturated rings. The summed E-state index contributed by atoms with van der Waals surface area (Å²) in [6.45, 7) is 0. The van der Waals surface area contributed by atoms with Gasteiger partial charge >= 0.3 is 0 Å². The van der Waals surface area contributed by atoms with Gasteiger partial charge in [-0.05, 0) is 66.7 Å². The Hall–Kier alpha value is -3.29. The minimum Gasteiger partial charge on any atom is -0.508 e. The molecule has 0 aliphatic carbocycles. The van der Waals surface area contributed by atoms with Crippen molar-refractivity contribution in [2.45, 2.75) is 0 Å². The van der Waals surface area contributed by atoms with E-state index in [1.54, 1.807) is 48.5 Å². The number of carbonyl (C=O) groups is 1. The van der Waals surface area contributed by atoms with Gasteiger partial charge in [0.2, 0.25) is 5.55 Å². The van der Waals surface area contributed by atoms with Crippen molar-refractivity contribution in [1.82, 2.24) is 0 Å². The van der Waals surface area contributed by atoms with E-state index in [1.807, 2.05) is 12.1 Å². The molecule has 1 aromatic heterocycles. The zero-order valence-corrected chi connectivity index (χ0v) is 17.7. The molecule has 3 aromatic carbocycles. The van der Waals surface area contributed by atoms with Gasteiger partial charge in [0.1, 0.15) is 16.9 Å². The van der Waals surface area contributed by atoms with Crippen LogP contribution in [-0.2, 0) is 0 Å². The third-order valence-corrected chi connectivity index (χ3v) is 4.99. The van der Waals surface area contributed by atoms with E-state index in [1.165, 1.54) is 12.1 Å². The number of anilines is 2. The number of amides is 1. The van der Waals surface area contributed by atoms with Gasteiger partial charge in [-0.2, -0.15) is 0 Å². The Balaban J connectivity index is 1.75. The third kappa shape index (κ3) is 4.64. The number of nitrogens with one attached hydrogen (secondary N) is 2. The third-order valence-electron chi connectivity index (χ3n) is 4.21. The molecule has 30 heavy (non-hydrogen) atoms. The predicted octanol–water partition coefficient (Wildman–Crippen LogP) is 5.73. The molecule has 1 heterocycles. The number of hydrogen-bond donors (Lipinski definition) is 3. The summed E-state index contributed by atoms with van der Waals surface area (Å²) in [6.07, 6.45) is 0. The lowest BCUT2D eigenvalue weighted by atomic mass is 10.1. The van der Waals surface area contributed by atoms with E-state index in [9.17, 15) is 9.90 Å². The quantitative estimate of drug-likeness (QED) is 0.323. The van der Waals surface area contributed by atoms with Crippen molar-refractivity contribution in [3.05, 3.63) is 93.4 Å². The minimum absolute atomic E-state index is 0.0509. The van der Waals surface area contributed by atoms with Crippen LogP contribution in [0.5, 0.6) is 5.75 Å². The number of nitrogens with zero attached hydrogens (tertiary/aromatic N) is 1. The van der Waals surface area contributed by atoms with E-state index in [2.05, 4.69) is 31.8 Å². The van der Waals surface area contributed by atoms with Gasteiger partial charge < -0.3 is 14.8 Å². The molecule has 8 heteroatoms. The van der Waals surface area contributed by atoms with Crippen molar-refractivity contribution in [1.29, 1.82) is 0 Å². The van der Waals surface area contributed by atoms with E-state index >= 15 is 0 Å². The lowest BCUT2D eigenvalue weighted by Crippen LogP contribution is -2.22. The summed E-state index contributed by atoms with van der Waals surface area (Å²) in [7, 11) is 0. The molecule has 0 unspecified atom stereocenters. The Labute approximate surface area is 184 Å². The Kier molecular flexibility index (Phi) is 5.74. The molecule has 3 N–H and O–H groups in total. The first-order chi connectivity index (χ1) is 14.5. The molecular formula is C22H15BrClN3O3. The smallest absolute Gasteiger partial charge is 0.261 e. The van der Waals surface area contributed by atoms with Crippen LogP contribution in [0.3, 0.4) is 0 Å².